The molecule has 0 rings (SSSR count). The predicted octanol–water partition coefficient (Wildman–Crippen LogP) is 3.11. The van der Waals surface area contributed by atoms with E-state index < -0.39 is 0 Å². The molecule has 0 aliphatic rings. The first-order valence-corrected chi connectivity index (χ1v) is 4.21. The van der Waals surface area contributed by atoms with Gasteiger partial charge < -0.3 is 0 Å². The van der Waals surface area contributed by atoms with Gasteiger partial charge in [-0.2, -0.15) is 4.91 Å². The Kier molecular flexibility index (Phi) is 8.26. The normalized spacial score (nSPS) is 9.70. The molecule has 0 aliphatic heterocycles. The van der Waals surface area contributed by atoms with Crippen LogP contribution in [-0.4, -0.2) is 6.54 Å². The molecule has 0 aromatic heterocycles. The summed E-state index contributed by atoms with van der Waals surface area (Å²) in [4.78, 5) is 9.64. The fourth-order valence-electron chi connectivity index (χ4n) is 0.957. The van der Waals surface area contributed by atoms with E-state index in [0.29, 0.717) is 6.54 Å². The lowest BCUT2D eigenvalue weighted by Crippen LogP contribution is -1.81. The van der Waals surface area contributed by atoms with E-state index in [1.807, 2.05) is 0 Å². The Balaban J connectivity index is 2.70. The quantitative estimate of drug-likeness (QED) is 0.397. The summed E-state index contributed by atoms with van der Waals surface area (Å²) in [7, 11) is 0. The fourth-order valence-corrected chi connectivity index (χ4v) is 0.957. The van der Waals surface area contributed by atoms with Crippen LogP contribution in [-0.2, 0) is 0 Å². The van der Waals surface area contributed by atoms with Gasteiger partial charge in [0.1, 0.15) is 0 Å². The zero-order valence-electron chi connectivity index (χ0n) is 6.81. The molecule has 0 unspecified atom stereocenters. The molecule has 0 heterocycles. The third-order valence-corrected chi connectivity index (χ3v) is 1.60. The van der Waals surface area contributed by atoms with Gasteiger partial charge in [-0.1, -0.05) is 44.2 Å². The Hall–Kier alpha value is -0.400. The van der Waals surface area contributed by atoms with Crippen molar-refractivity contribution in [2.75, 3.05) is 6.54 Å². The van der Waals surface area contributed by atoms with Crippen molar-refractivity contribution in [1.82, 2.24) is 0 Å². The lowest BCUT2D eigenvalue weighted by molar-refractivity contribution is 0.612. The first-order chi connectivity index (χ1) is 4.91. The van der Waals surface area contributed by atoms with Gasteiger partial charge in [-0.3, -0.25) is 0 Å². The third-order valence-electron chi connectivity index (χ3n) is 1.60. The molecule has 0 saturated heterocycles. The summed E-state index contributed by atoms with van der Waals surface area (Å²) in [5, 5.41) is 2.80. The van der Waals surface area contributed by atoms with Gasteiger partial charge >= 0.3 is 0 Å². The highest BCUT2D eigenvalue weighted by molar-refractivity contribution is 4.45. The second kappa shape index (κ2) is 8.60. The minimum atomic E-state index is 0.506. The molecule has 0 spiro atoms. The summed E-state index contributed by atoms with van der Waals surface area (Å²) in [5.41, 5.74) is 0. The van der Waals surface area contributed by atoms with Crippen LogP contribution in [0.3, 0.4) is 0 Å². The van der Waals surface area contributed by atoms with E-state index in [4.69, 9.17) is 0 Å². The third kappa shape index (κ3) is 7.60. The molecule has 0 radical (unpaired) electrons. The summed E-state index contributed by atoms with van der Waals surface area (Å²) in [6.45, 7) is 2.71. The average Bonchev–Trinajstić information content (AvgIpc) is 1.97. The van der Waals surface area contributed by atoms with Crippen molar-refractivity contribution in [2.45, 2.75) is 45.4 Å². The molecule has 0 fully saturated rings. The van der Waals surface area contributed by atoms with E-state index in [0.717, 1.165) is 6.42 Å². The molecule has 0 aromatic carbocycles. The maximum Gasteiger partial charge on any atom is 0.0811 e. The van der Waals surface area contributed by atoms with Crippen molar-refractivity contribution in [2.24, 2.45) is 5.18 Å². The van der Waals surface area contributed by atoms with Crippen molar-refractivity contribution in [1.29, 1.82) is 0 Å². The maximum atomic E-state index is 9.64. The maximum absolute atomic E-state index is 9.64. The summed E-state index contributed by atoms with van der Waals surface area (Å²) < 4.78 is 0. The van der Waals surface area contributed by atoms with Crippen LogP contribution in [0.4, 0.5) is 0 Å². The summed E-state index contributed by atoms with van der Waals surface area (Å²) in [5.74, 6) is 0. The van der Waals surface area contributed by atoms with Crippen LogP contribution in [0.5, 0.6) is 0 Å². The molecule has 0 saturated carbocycles. The van der Waals surface area contributed by atoms with Crippen LogP contribution < -0.4 is 0 Å². The molecule has 0 aliphatic carbocycles. The zero-order valence-corrected chi connectivity index (χ0v) is 6.81. The predicted molar refractivity (Wildman–Crippen MR) is 44.0 cm³/mol. The minimum absolute atomic E-state index is 0.506. The number of nitrogens with zero attached hydrogens (tertiary/aromatic N) is 1. The van der Waals surface area contributed by atoms with Crippen molar-refractivity contribution in [3.05, 3.63) is 4.91 Å². The Morgan fingerprint density at radius 2 is 1.60 bits per heavy atom. The number of hydrogen-bond acceptors (Lipinski definition) is 2. The monoisotopic (exact) mass is 143 g/mol. The molecule has 0 amide bonds. The number of rotatable bonds is 7. The molecule has 2 nitrogen and oxygen atoms in total. The van der Waals surface area contributed by atoms with E-state index >= 15 is 0 Å². The summed E-state index contributed by atoms with van der Waals surface area (Å²) in [6.07, 6.45) is 7.35. The lowest BCUT2D eigenvalue weighted by Gasteiger charge is -1.95. The van der Waals surface area contributed by atoms with E-state index in [2.05, 4.69) is 12.1 Å². The molecule has 0 atom stereocenters. The molecule has 60 valence electrons. The lowest BCUT2D eigenvalue weighted by atomic mass is 10.1. The van der Waals surface area contributed by atoms with E-state index in [-0.39, 0.29) is 0 Å². The first-order valence-electron chi connectivity index (χ1n) is 4.21. The van der Waals surface area contributed by atoms with Gasteiger partial charge in [-0.15, -0.1) is 0 Å². The standard InChI is InChI=1S/C8H17NO/c1-2-3-4-5-6-7-8-9-10/h2-8H2,1H3. The van der Waals surface area contributed by atoms with Gasteiger partial charge in [0.2, 0.25) is 0 Å². The van der Waals surface area contributed by atoms with Crippen LogP contribution >= 0.6 is 0 Å². The van der Waals surface area contributed by atoms with Gasteiger partial charge in [-0.05, 0) is 6.42 Å². The fraction of sp³-hybridized carbons (Fsp3) is 1.00. The van der Waals surface area contributed by atoms with Gasteiger partial charge in [0.15, 0.2) is 0 Å². The van der Waals surface area contributed by atoms with Crippen LogP contribution in [0.2, 0.25) is 0 Å². The number of nitroso groups, excluding NO2 is 1. The van der Waals surface area contributed by atoms with E-state index in [1.54, 1.807) is 0 Å². The molecular formula is C8H17NO. The van der Waals surface area contributed by atoms with Crippen LogP contribution in [0.1, 0.15) is 45.4 Å². The van der Waals surface area contributed by atoms with Gasteiger partial charge in [-0.25, -0.2) is 0 Å². The largest absolute Gasteiger partial charge is 0.151 e. The number of hydrogen-bond donors (Lipinski definition) is 0. The molecule has 0 aromatic rings. The van der Waals surface area contributed by atoms with E-state index in [9.17, 15) is 4.91 Å². The van der Waals surface area contributed by atoms with Crippen LogP contribution in [0.15, 0.2) is 5.18 Å². The highest BCUT2D eigenvalue weighted by atomic mass is 16.3. The minimum Gasteiger partial charge on any atom is -0.151 e. The highest BCUT2D eigenvalue weighted by Gasteiger charge is 1.88. The molecule has 0 N–H and O–H groups in total. The topological polar surface area (TPSA) is 29.4 Å². The summed E-state index contributed by atoms with van der Waals surface area (Å²) >= 11 is 0. The SMILES string of the molecule is CCCCCCCCN=O. The Morgan fingerprint density at radius 1 is 1.00 bits per heavy atom. The second-order valence-electron chi connectivity index (χ2n) is 2.62. The van der Waals surface area contributed by atoms with Crippen molar-refractivity contribution < 1.29 is 0 Å². The van der Waals surface area contributed by atoms with Gasteiger partial charge in [0.25, 0.3) is 0 Å². The van der Waals surface area contributed by atoms with Crippen molar-refractivity contribution in [3.8, 4) is 0 Å². The van der Waals surface area contributed by atoms with Crippen molar-refractivity contribution >= 4 is 0 Å². The Labute approximate surface area is 63.0 Å². The Bertz CT molecular complexity index is 73.7. The highest BCUT2D eigenvalue weighted by Crippen LogP contribution is 2.04. The van der Waals surface area contributed by atoms with Gasteiger partial charge in [0, 0.05) is 0 Å². The summed E-state index contributed by atoms with van der Waals surface area (Å²) in [6, 6.07) is 0. The molecule has 2 heteroatoms. The van der Waals surface area contributed by atoms with Crippen LogP contribution in [0.25, 0.3) is 0 Å². The Morgan fingerprint density at radius 3 is 2.20 bits per heavy atom. The van der Waals surface area contributed by atoms with Crippen molar-refractivity contribution in [3.63, 3.8) is 0 Å². The second-order valence-corrected chi connectivity index (χ2v) is 2.62. The average molecular weight is 143 g/mol. The zero-order chi connectivity index (χ0) is 7.66. The van der Waals surface area contributed by atoms with Gasteiger partial charge in [0.05, 0.1) is 6.54 Å². The first kappa shape index (κ1) is 9.60. The molecule has 0 bridgehead atoms. The smallest absolute Gasteiger partial charge is 0.0811 e. The number of unbranched alkanes of at least 4 members (excludes halogenated alkanes) is 5. The van der Waals surface area contributed by atoms with E-state index in [1.165, 1.54) is 32.1 Å². The molecule has 10 heavy (non-hydrogen) atoms. The molecular weight excluding hydrogens is 126 g/mol. The van der Waals surface area contributed by atoms with Crippen LogP contribution in [0, 0.1) is 4.91 Å².